The molecule has 4 amide bonds. The normalized spacial score (nSPS) is 16.3. The van der Waals surface area contributed by atoms with Gasteiger partial charge in [-0.3, -0.25) is 9.59 Å². The maximum Gasteiger partial charge on any atom is 0.332 e. The van der Waals surface area contributed by atoms with Crippen molar-refractivity contribution in [1.29, 1.82) is 0 Å². The van der Waals surface area contributed by atoms with Crippen LogP contribution in [0.25, 0.3) is 0 Å². The van der Waals surface area contributed by atoms with Gasteiger partial charge in [0.15, 0.2) is 0 Å². The van der Waals surface area contributed by atoms with Gasteiger partial charge in [0, 0.05) is 12.2 Å². The summed E-state index contributed by atoms with van der Waals surface area (Å²) in [6.45, 7) is 6.80. The van der Waals surface area contributed by atoms with E-state index in [1.165, 1.54) is 4.90 Å². The number of amides is 4. The number of anilines is 2. The number of para-hydroxylation sites is 1. The summed E-state index contributed by atoms with van der Waals surface area (Å²) in [4.78, 5) is 41.4. The quantitative estimate of drug-likeness (QED) is 0.671. The van der Waals surface area contributed by atoms with Gasteiger partial charge in [-0.1, -0.05) is 32.0 Å². The molecule has 2 aromatic carbocycles. The van der Waals surface area contributed by atoms with Crippen LogP contribution in [0.1, 0.15) is 27.2 Å². The van der Waals surface area contributed by atoms with E-state index < -0.39 is 12.1 Å². The maximum absolute atomic E-state index is 13.1. The average molecular weight is 409 g/mol. The number of rotatable bonds is 8. The number of hydrogen-bond donors (Lipinski definition) is 1. The summed E-state index contributed by atoms with van der Waals surface area (Å²) in [7, 11) is 0. The molecule has 0 aliphatic carbocycles. The molecule has 2 aromatic rings. The van der Waals surface area contributed by atoms with Gasteiger partial charge in [-0.2, -0.15) is 0 Å². The summed E-state index contributed by atoms with van der Waals surface area (Å²) < 4.78 is 5.40. The van der Waals surface area contributed by atoms with Gasteiger partial charge in [0.2, 0.25) is 5.91 Å². The van der Waals surface area contributed by atoms with E-state index in [-0.39, 0.29) is 24.2 Å². The number of benzene rings is 2. The lowest BCUT2D eigenvalue weighted by Gasteiger charge is -2.23. The molecule has 1 aliphatic rings. The summed E-state index contributed by atoms with van der Waals surface area (Å²) in [6.07, 6.45) is -0.103. The minimum atomic E-state index is -0.831. The highest BCUT2D eigenvalue weighted by molar-refractivity contribution is 6.22. The van der Waals surface area contributed by atoms with E-state index in [0.29, 0.717) is 30.3 Å². The summed E-state index contributed by atoms with van der Waals surface area (Å²) in [5, 5.41) is 2.80. The van der Waals surface area contributed by atoms with Crippen molar-refractivity contribution < 1.29 is 19.1 Å². The molecule has 158 valence electrons. The number of hydrogen-bond acceptors (Lipinski definition) is 4. The van der Waals surface area contributed by atoms with Crippen molar-refractivity contribution in [2.24, 2.45) is 5.92 Å². The zero-order valence-electron chi connectivity index (χ0n) is 17.5. The molecule has 1 heterocycles. The fourth-order valence-electron chi connectivity index (χ4n) is 3.44. The minimum Gasteiger partial charge on any atom is -0.494 e. The monoisotopic (exact) mass is 409 g/mol. The molecule has 0 bridgehead atoms. The zero-order chi connectivity index (χ0) is 21.7. The summed E-state index contributed by atoms with van der Waals surface area (Å²) in [5.74, 6) is 0.172. The van der Waals surface area contributed by atoms with Crippen LogP contribution >= 0.6 is 0 Å². The molecule has 0 saturated carbocycles. The molecule has 1 fully saturated rings. The van der Waals surface area contributed by atoms with Crippen LogP contribution in [-0.2, 0) is 9.59 Å². The number of carbonyl (C=O) groups excluding carboxylic acids is 3. The SMILES string of the molecule is CCOc1ccc(NC(=O)CC2C(=O)N(c3ccccc3)C(=O)N2CC(C)C)cc1. The number of imide groups is 1. The van der Waals surface area contributed by atoms with Crippen molar-refractivity contribution in [3.05, 3.63) is 54.6 Å². The maximum atomic E-state index is 13.1. The lowest BCUT2D eigenvalue weighted by molar-refractivity contribution is -0.124. The van der Waals surface area contributed by atoms with Crippen LogP contribution in [0.5, 0.6) is 5.75 Å². The lowest BCUT2D eigenvalue weighted by Crippen LogP contribution is -2.40. The minimum absolute atomic E-state index is 0.103. The van der Waals surface area contributed by atoms with E-state index in [4.69, 9.17) is 4.74 Å². The van der Waals surface area contributed by atoms with Crippen molar-refractivity contribution in [3.8, 4) is 5.75 Å². The van der Waals surface area contributed by atoms with Gasteiger partial charge < -0.3 is 15.0 Å². The Balaban J connectivity index is 1.75. The summed E-state index contributed by atoms with van der Waals surface area (Å²) in [5.41, 5.74) is 1.12. The Morgan fingerprint density at radius 2 is 1.73 bits per heavy atom. The zero-order valence-corrected chi connectivity index (χ0v) is 17.5. The van der Waals surface area contributed by atoms with Gasteiger partial charge in [-0.05, 0) is 49.2 Å². The van der Waals surface area contributed by atoms with Crippen LogP contribution < -0.4 is 15.0 Å². The molecule has 30 heavy (non-hydrogen) atoms. The van der Waals surface area contributed by atoms with Crippen molar-refractivity contribution in [1.82, 2.24) is 4.90 Å². The first kappa shape index (κ1) is 21.4. The van der Waals surface area contributed by atoms with Crippen LogP contribution in [0.2, 0.25) is 0 Å². The van der Waals surface area contributed by atoms with Gasteiger partial charge in [0.25, 0.3) is 5.91 Å². The van der Waals surface area contributed by atoms with E-state index in [1.807, 2.05) is 26.8 Å². The lowest BCUT2D eigenvalue weighted by atomic mass is 10.1. The van der Waals surface area contributed by atoms with E-state index in [9.17, 15) is 14.4 Å². The first-order chi connectivity index (χ1) is 14.4. The molecule has 7 heteroatoms. The number of carbonyl (C=O) groups is 3. The molecular formula is C23H27N3O4. The first-order valence-corrected chi connectivity index (χ1v) is 10.1. The summed E-state index contributed by atoms with van der Waals surface area (Å²) in [6, 6.07) is 14.6. The van der Waals surface area contributed by atoms with E-state index in [0.717, 1.165) is 4.90 Å². The van der Waals surface area contributed by atoms with Gasteiger partial charge in [0.1, 0.15) is 11.8 Å². The van der Waals surface area contributed by atoms with Crippen LogP contribution in [0.3, 0.4) is 0 Å². The summed E-state index contributed by atoms with van der Waals surface area (Å²) >= 11 is 0. The second-order valence-corrected chi connectivity index (χ2v) is 7.56. The second-order valence-electron chi connectivity index (χ2n) is 7.56. The van der Waals surface area contributed by atoms with Crippen molar-refractivity contribution >= 4 is 29.2 Å². The largest absolute Gasteiger partial charge is 0.494 e. The molecule has 3 rings (SSSR count). The molecule has 1 atom stereocenters. The van der Waals surface area contributed by atoms with Crippen LogP contribution in [-0.4, -0.2) is 41.9 Å². The fraction of sp³-hybridized carbons (Fsp3) is 0.348. The number of nitrogens with zero attached hydrogens (tertiary/aromatic N) is 2. The molecule has 0 aromatic heterocycles. The molecule has 0 spiro atoms. The van der Waals surface area contributed by atoms with Crippen LogP contribution in [0.4, 0.5) is 16.2 Å². The number of nitrogens with one attached hydrogen (secondary N) is 1. The Morgan fingerprint density at radius 3 is 2.33 bits per heavy atom. The highest BCUT2D eigenvalue weighted by Crippen LogP contribution is 2.28. The van der Waals surface area contributed by atoms with Gasteiger partial charge in [-0.25, -0.2) is 9.69 Å². The van der Waals surface area contributed by atoms with Crippen molar-refractivity contribution in [2.45, 2.75) is 33.2 Å². The van der Waals surface area contributed by atoms with Crippen LogP contribution in [0, 0.1) is 5.92 Å². The Hall–Kier alpha value is -3.35. The second kappa shape index (κ2) is 9.43. The Kier molecular flexibility index (Phi) is 6.72. The van der Waals surface area contributed by atoms with Gasteiger partial charge in [0.05, 0.1) is 18.7 Å². The molecule has 1 N–H and O–H groups in total. The molecule has 1 unspecified atom stereocenters. The third-order valence-corrected chi connectivity index (χ3v) is 4.72. The van der Waals surface area contributed by atoms with Gasteiger partial charge in [-0.15, -0.1) is 0 Å². The predicted octanol–water partition coefficient (Wildman–Crippen LogP) is 3.91. The predicted molar refractivity (Wildman–Crippen MR) is 116 cm³/mol. The molecular weight excluding hydrogens is 382 g/mol. The first-order valence-electron chi connectivity index (χ1n) is 10.1. The average Bonchev–Trinajstić information content (AvgIpc) is 2.94. The van der Waals surface area contributed by atoms with Crippen molar-refractivity contribution in [3.63, 3.8) is 0 Å². The van der Waals surface area contributed by atoms with Gasteiger partial charge >= 0.3 is 6.03 Å². The Morgan fingerprint density at radius 1 is 1.07 bits per heavy atom. The number of urea groups is 1. The Bertz CT molecular complexity index is 896. The highest BCUT2D eigenvalue weighted by atomic mass is 16.5. The third-order valence-electron chi connectivity index (χ3n) is 4.72. The topological polar surface area (TPSA) is 79.0 Å². The fourth-order valence-corrected chi connectivity index (χ4v) is 3.44. The smallest absolute Gasteiger partial charge is 0.332 e. The van der Waals surface area contributed by atoms with Crippen LogP contribution in [0.15, 0.2) is 54.6 Å². The highest BCUT2D eigenvalue weighted by Gasteiger charge is 2.46. The Labute approximate surface area is 176 Å². The standard InChI is InChI=1S/C23H27N3O4/c1-4-30-19-12-10-17(11-13-19)24-21(27)14-20-22(28)26(18-8-6-5-7-9-18)23(29)25(20)15-16(2)3/h5-13,16,20H,4,14-15H2,1-3H3,(H,24,27). The van der Waals surface area contributed by atoms with E-state index >= 15 is 0 Å². The van der Waals surface area contributed by atoms with Crippen molar-refractivity contribution in [2.75, 3.05) is 23.4 Å². The van der Waals surface area contributed by atoms with E-state index in [1.54, 1.807) is 48.5 Å². The molecule has 1 aliphatic heterocycles. The van der Waals surface area contributed by atoms with E-state index in [2.05, 4.69) is 5.32 Å². The molecule has 1 saturated heterocycles. The third kappa shape index (κ3) is 4.79. The molecule has 0 radical (unpaired) electrons. The number of ether oxygens (including phenoxy) is 1. The molecule has 7 nitrogen and oxygen atoms in total.